The standard InChI is InChI=1S/C12H13FN6O3S/c1-7(2)18-12(15-16-17-18)23-6-11(20)14-8-3-4-9(13)10(5-8)19(21)22/h3-5,7H,6H2,1-2H3,(H,14,20). The molecule has 0 spiro atoms. The lowest BCUT2D eigenvalue weighted by molar-refractivity contribution is -0.387. The third-order valence-electron chi connectivity index (χ3n) is 2.71. The van der Waals surface area contributed by atoms with Crippen molar-refractivity contribution in [1.82, 2.24) is 20.2 Å². The number of tetrazole rings is 1. The van der Waals surface area contributed by atoms with Gasteiger partial charge in [0.25, 0.3) is 0 Å². The van der Waals surface area contributed by atoms with Gasteiger partial charge >= 0.3 is 5.69 Å². The molecule has 2 aromatic rings. The quantitative estimate of drug-likeness (QED) is 0.486. The van der Waals surface area contributed by atoms with Crippen LogP contribution in [0.4, 0.5) is 15.8 Å². The predicted molar refractivity (Wildman–Crippen MR) is 80.6 cm³/mol. The molecule has 1 amide bonds. The van der Waals surface area contributed by atoms with Crippen LogP contribution in [0, 0.1) is 15.9 Å². The summed E-state index contributed by atoms with van der Waals surface area (Å²) in [5.74, 6) is -1.36. The molecule has 0 aliphatic heterocycles. The summed E-state index contributed by atoms with van der Waals surface area (Å²) in [6.45, 7) is 3.80. The van der Waals surface area contributed by atoms with Gasteiger partial charge in [0.1, 0.15) is 0 Å². The van der Waals surface area contributed by atoms with Gasteiger partial charge in [-0.15, -0.1) is 5.10 Å². The number of hydrogen-bond acceptors (Lipinski definition) is 7. The second kappa shape index (κ2) is 7.13. The van der Waals surface area contributed by atoms with Crippen LogP contribution in [0.15, 0.2) is 23.4 Å². The van der Waals surface area contributed by atoms with Gasteiger partial charge in [-0.05, 0) is 36.4 Å². The van der Waals surface area contributed by atoms with Crippen LogP contribution in [0.2, 0.25) is 0 Å². The van der Waals surface area contributed by atoms with Crippen LogP contribution in [-0.2, 0) is 4.79 Å². The molecule has 0 saturated heterocycles. The first-order chi connectivity index (χ1) is 10.9. The molecule has 2 rings (SSSR count). The van der Waals surface area contributed by atoms with Gasteiger partial charge in [-0.1, -0.05) is 11.8 Å². The summed E-state index contributed by atoms with van der Waals surface area (Å²) in [5.41, 5.74) is -0.550. The molecule has 0 radical (unpaired) electrons. The van der Waals surface area contributed by atoms with E-state index in [1.807, 2.05) is 13.8 Å². The van der Waals surface area contributed by atoms with Crippen molar-refractivity contribution in [2.45, 2.75) is 25.0 Å². The zero-order chi connectivity index (χ0) is 17.0. The number of nitrogens with zero attached hydrogens (tertiary/aromatic N) is 5. The molecule has 1 aromatic heterocycles. The fraction of sp³-hybridized carbons (Fsp3) is 0.333. The molecule has 0 fully saturated rings. The minimum atomic E-state index is -0.960. The number of amides is 1. The lowest BCUT2D eigenvalue weighted by atomic mass is 10.2. The van der Waals surface area contributed by atoms with Gasteiger partial charge < -0.3 is 5.32 Å². The molecular formula is C12H13FN6O3S. The minimum absolute atomic E-state index is 0.0122. The van der Waals surface area contributed by atoms with E-state index in [2.05, 4.69) is 20.8 Å². The van der Waals surface area contributed by atoms with Crippen LogP contribution in [0.3, 0.4) is 0 Å². The van der Waals surface area contributed by atoms with E-state index in [4.69, 9.17) is 0 Å². The van der Waals surface area contributed by atoms with Crippen molar-refractivity contribution >= 4 is 29.0 Å². The molecule has 0 aliphatic rings. The highest BCUT2D eigenvalue weighted by Gasteiger charge is 2.16. The number of nitro groups is 1. The number of carbonyl (C=O) groups is 1. The van der Waals surface area contributed by atoms with Gasteiger partial charge in [0.05, 0.1) is 16.7 Å². The molecule has 9 nitrogen and oxygen atoms in total. The SMILES string of the molecule is CC(C)n1nnnc1SCC(=O)Nc1ccc(F)c([N+](=O)[O-])c1. The third kappa shape index (κ3) is 4.22. The summed E-state index contributed by atoms with van der Waals surface area (Å²) >= 11 is 1.13. The molecule has 1 heterocycles. The van der Waals surface area contributed by atoms with Crippen molar-refractivity contribution in [3.8, 4) is 0 Å². The van der Waals surface area contributed by atoms with Gasteiger partial charge in [-0.25, -0.2) is 4.68 Å². The molecular weight excluding hydrogens is 327 g/mol. The van der Waals surface area contributed by atoms with Crippen LogP contribution in [0.25, 0.3) is 0 Å². The van der Waals surface area contributed by atoms with Crippen molar-refractivity contribution in [1.29, 1.82) is 0 Å². The van der Waals surface area contributed by atoms with Gasteiger partial charge in [0, 0.05) is 11.8 Å². The Labute approximate surface area is 134 Å². The molecule has 1 N–H and O–H groups in total. The van der Waals surface area contributed by atoms with Crippen LogP contribution in [-0.4, -0.2) is 36.8 Å². The van der Waals surface area contributed by atoms with E-state index in [-0.39, 0.29) is 17.5 Å². The molecule has 0 unspecified atom stereocenters. The average molecular weight is 340 g/mol. The monoisotopic (exact) mass is 340 g/mol. The van der Waals surface area contributed by atoms with E-state index < -0.39 is 22.3 Å². The summed E-state index contributed by atoms with van der Waals surface area (Å²) in [6.07, 6.45) is 0. The normalized spacial score (nSPS) is 10.8. The largest absolute Gasteiger partial charge is 0.325 e. The van der Waals surface area contributed by atoms with E-state index >= 15 is 0 Å². The summed E-state index contributed by atoms with van der Waals surface area (Å²) < 4.78 is 14.8. The third-order valence-corrected chi connectivity index (χ3v) is 3.64. The minimum Gasteiger partial charge on any atom is -0.325 e. The smallest absolute Gasteiger partial charge is 0.306 e. The predicted octanol–water partition coefficient (Wildman–Crippen LogP) is 2.03. The molecule has 0 bridgehead atoms. The number of nitro benzene ring substituents is 1. The topological polar surface area (TPSA) is 116 Å². The Bertz CT molecular complexity index is 735. The van der Waals surface area contributed by atoms with Crippen LogP contribution < -0.4 is 5.32 Å². The number of anilines is 1. The van der Waals surface area contributed by atoms with E-state index in [1.165, 1.54) is 6.07 Å². The van der Waals surface area contributed by atoms with Crippen molar-refractivity contribution in [3.05, 3.63) is 34.1 Å². The van der Waals surface area contributed by atoms with E-state index in [1.54, 1.807) is 4.68 Å². The fourth-order valence-corrected chi connectivity index (χ4v) is 2.47. The van der Waals surface area contributed by atoms with Crippen molar-refractivity contribution in [2.75, 3.05) is 11.1 Å². The Morgan fingerprint density at radius 2 is 2.26 bits per heavy atom. The second-order valence-corrected chi connectivity index (χ2v) is 5.70. The highest BCUT2D eigenvalue weighted by atomic mass is 32.2. The number of benzene rings is 1. The maximum Gasteiger partial charge on any atom is 0.306 e. The second-order valence-electron chi connectivity index (χ2n) is 4.76. The lowest BCUT2D eigenvalue weighted by Crippen LogP contribution is -2.15. The number of aromatic nitrogens is 4. The zero-order valence-electron chi connectivity index (χ0n) is 12.3. The summed E-state index contributed by atoms with van der Waals surface area (Å²) in [4.78, 5) is 21.7. The molecule has 11 heteroatoms. The Kier molecular flexibility index (Phi) is 5.21. The summed E-state index contributed by atoms with van der Waals surface area (Å²) in [6, 6.07) is 3.20. The highest BCUT2D eigenvalue weighted by Crippen LogP contribution is 2.22. The first-order valence-electron chi connectivity index (χ1n) is 6.53. The first kappa shape index (κ1) is 16.8. The van der Waals surface area contributed by atoms with Gasteiger partial charge in [0.15, 0.2) is 0 Å². The molecule has 23 heavy (non-hydrogen) atoms. The average Bonchev–Trinajstić information content (AvgIpc) is 2.95. The maximum atomic E-state index is 13.2. The summed E-state index contributed by atoms with van der Waals surface area (Å²) in [7, 11) is 0. The molecule has 122 valence electrons. The zero-order valence-corrected chi connectivity index (χ0v) is 13.1. The van der Waals surface area contributed by atoms with Crippen molar-refractivity contribution in [3.63, 3.8) is 0 Å². The van der Waals surface area contributed by atoms with E-state index in [9.17, 15) is 19.3 Å². The fourth-order valence-electron chi connectivity index (χ4n) is 1.66. The van der Waals surface area contributed by atoms with E-state index in [0.29, 0.717) is 5.16 Å². The number of thioether (sulfide) groups is 1. The van der Waals surface area contributed by atoms with Crippen LogP contribution in [0.5, 0.6) is 0 Å². The number of halogens is 1. The van der Waals surface area contributed by atoms with Crippen LogP contribution in [0.1, 0.15) is 19.9 Å². The Morgan fingerprint density at radius 3 is 2.91 bits per heavy atom. The van der Waals surface area contributed by atoms with Gasteiger partial charge in [0.2, 0.25) is 16.9 Å². The van der Waals surface area contributed by atoms with Crippen molar-refractivity contribution < 1.29 is 14.1 Å². The van der Waals surface area contributed by atoms with Crippen molar-refractivity contribution in [2.24, 2.45) is 0 Å². The number of rotatable bonds is 6. The Balaban J connectivity index is 1.99. The highest BCUT2D eigenvalue weighted by molar-refractivity contribution is 7.99. The van der Waals surface area contributed by atoms with Gasteiger partial charge in [-0.3, -0.25) is 14.9 Å². The lowest BCUT2D eigenvalue weighted by Gasteiger charge is -2.07. The van der Waals surface area contributed by atoms with Gasteiger partial charge in [-0.2, -0.15) is 4.39 Å². The molecule has 0 saturated carbocycles. The molecule has 1 aromatic carbocycles. The first-order valence-corrected chi connectivity index (χ1v) is 7.51. The van der Waals surface area contributed by atoms with E-state index in [0.717, 1.165) is 23.9 Å². The number of nitrogens with one attached hydrogen (secondary N) is 1. The number of hydrogen-bond donors (Lipinski definition) is 1. The Hall–Kier alpha value is -2.56. The Morgan fingerprint density at radius 1 is 1.52 bits per heavy atom. The summed E-state index contributed by atoms with van der Waals surface area (Å²) in [5, 5.41) is 24.8. The van der Waals surface area contributed by atoms with Crippen LogP contribution >= 0.6 is 11.8 Å². The number of carbonyl (C=O) groups excluding carboxylic acids is 1. The maximum absolute atomic E-state index is 13.2. The molecule has 0 aliphatic carbocycles. The molecule has 0 atom stereocenters.